The summed E-state index contributed by atoms with van der Waals surface area (Å²) in [5, 5.41) is 0. The summed E-state index contributed by atoms with van der Waals surface area (Å²) in [7, 11) is 4.02. The van der Waals surface area contributed by atoms with Crippen LogP contribution in [0.5, 0.6) is 5.75 Å². The summed E-state index contributed by atoms with van der Waals surface area (Å²) in [6.45, 7) is 3.57. The van der Waals surface area contributed by atoms with Gasteiger partial charge in [0.05, 0.1) is 6.61 Å². The Morgan fingerprint density at radius 1 is 1.42 bits per heavy atom. The van der Waals surface area contributed by atoms with E-state index >= 15 is 0 Å². The summed E-state index contributed by atoms with van der Waals surface area (Å²) < 4.78 is 5.73. The Kier molecular flexibility index (Phi) is 6.09. The van der Waals surface area contributed by atoms with E-state index in [1.165, 1.54) is 6.08 Å². The van der Waals surface area contributed by atoms with Gasteiger partial charge < -0.3 is 15.4 Å². The predicted octanol–water partition coefficient (Wildman–Crippen LogP) is 2.04. The van der Waals surface area contributed by atoms with E-state index in [1.54, 1.807) is 6.08 Å². The average molecular weight is 262 g/mol. The molecule has 0 unspecified atom stereocenters. The van der Waals surface area contributed by atoms with Crippen molar-refractivity contribution in [2.45, 2.75) is 19.9 Å². The number of nitrogens with zero attached hydrogens (tertiary/aromatic N) is 1. The first-order valence-electron chi connectivity index (χ1n) is 6.41. The van der Waals surface area contributed by atoms with E-state index in [-0.39, 0.29) is 0 Å². The number of carbonyl (C=O) groups is 1. The largest absolute Gasteiger partial charge is 0.493 e. The zero-order valence-electron chi connectivity index (χ0n) is 11.8. The molecule has 1 aromatic rings. The van der Waals surface area contributed by atoms with Crippen molar-refractivity contribution in [2.24, 2.45) is 5.73 Å². The normalized spacial score (nSPS) is 11.2. The molecule has 0 atom stereocenters. The van der Waals surface area contributed by atoms with Gasteiger partial charge in [-0.3, -0.25) is 4.79 Å². The summed E-state index contributed by atoms with van der Waals surface area (Å²) in [5.41, 5.74) is 7.14. The molecule has 0 bridgehead atoms. The van der Waals surface area contributed by atoms with Crippen LogP contribution in [0.3, 0.4) is 0 Å². The van der Waals surface area contributed by atoms with Gasteiger partial charge in [-0.1, -0.05) is 13.0 Å². The average Bonchev–Trinajstić information content (AvgIpc) is 2.34. The number of carbonyl (C=O) groups excluding carboxylic acids is 1. The maximum absolute atomic E-state index is 10.7. The van der Waals surface area contributed by atoms with E-state index in [4.69, 9.17) is 10.5 Å². The first kappa shape index (κ1) is 15.2. The lowest BCUT2D eigenvalue weighted by Gasteiger charge is -2.15. The minimum Gasteiger partial charge on any atom is -0.493 e. The Balaban J connectivity index is 2.96. The molecule has 1 aromatic carbocycles. The third-order valence-electron chi connectivity index (χ3n) is 2.47. The van der Waals surface area contributed by atoms with E-state index in [9.17, 15) is 4.79 Å². The molecule has 0 spiro atoms. The van der Waals surface area contributed by atoms with Crippen LogP contribution in [-0.2, 0) is 11.3 Å². The zero-order valence-corrected chi connectivity index (χ0v) is 11.8. The number of nitrogens with two attached hydrogens (primary N) is 1. The molecule has 0 radical (unpaired) electrons. The second-order valence-electron chi connectivity index (χ2n) is 4.69. The monoisotopic (exact) mass is 262 g/mol. The van der Waals surface area contributed by atoms with Crippen molar-refractivity contribution >= 4 is 12.0 Å². The predicted molar refractivity (Wildman–Crippen MR) is 77.8 cm³/mol. The standard InChI is InChI=1S/C15H22N2O2/c1-4-9-19-14-7-5-12(6-8-15(16)18)10-13(14)11-17(2)3/h5-8,10H,4,9,11H2,1-3H3,(H2,16,18)/b8-6-. The topological polar surface area (TPSA) is 55.6 Å². The molecule has 1 rings (SSSR count). The van der Waals surface area contributed by atoms with Crippen molar-refractivity contribution in [3.05, 3.63) is 35.4 Å². The maximum Gasteiger partial charge on any atom is 0.241 e. The highest BCUT2D eigenvalue weighted by atomic mass is 16.5. The minimum absolute atomic E-state index is 0.444. The molecule has 0 saturated carbocycles. The Morgan fingerprint density at radius 2 is 2.16 bits per heavy atom. The second kappa shape index (κ2) is 7.59. The third kappa shape index (κ3) is 5.57. The van der Waals surface area contributed by atoms with Gasteiger partial charge in [0, 0.05) is 18.2 Å². The first-order chi connectivity index (χ1) is 9.02. The van der Waals surface area contributed by atoms with Gasteiger partial charge in [-0.05, 0) is 44.3 Å². The molecule has 0 saturated heterocycles. The molecule has 2 N–H and O–H groups in total. The van der Waals surface area contributed by atoms with Crippen LogP contribution in [0, 0.1) is 0 Å². The van der Waals surface area contributed by atoms with E-state index in [2.05, 4.69) is 11.8 Å². The molecule has 0 aliphatic rings. The molecule has 4 nitrogen and oxygen atoms in total. The number of rotatable bonds is 7. The Morgan fingerprint density at radius 3 is 2.74 bits per heavy atom. The summed E-state index contributed by atoms with van der Waals surface area (Å²) in [5.74, 6) is 0.451. The Hall–Kier alpha value is -1.81. The second-order valence-corrected chi connectivity index (χ2v) is 4.69. The summed E-state index contributed by atoms with van der Waals surface area (Å²) in [6, 6.07) is 5.88. The number of primary amides is 1. The van der Waals surface area contributed by atoms with Crippen molar-refractivity contribution in [1.82, 2.24) is 4.90 Å². The minimum atomic E-state index is -0.444. The van der Waals surface area contributed by atoms with Crippen molar-refractivity contribution in [3.8, 4) is 5.75 Å². The van der Waals surface area contributed by atoms with Gasteiger partial charge >= 0.3 is 0 Å². The third-order valence-corrected chi connectivity index (χ3v) is 2.47. The van der Waals surface area contributed by atoms with E-state index in [0.717, 1.165) is 29.8 Å². The lowest BCUT2D eigenvalue weighted by molar-refractivity contribution is -0.113. The first-order valence-corrected chi connectivity index (χ1v) is 6.41. The van der Waals surface area contributed by atoms with E-state index in [0.29, 0.717) is 6.61 Å². The smallest absolute Gasteiger partial charge is 0.241 e. The molecule has 19 heavy (non-hydrogen) atoms. The maximum atomic E-state index is 10.7. The van der Waals surface area contributed by atoms with Crippen LogP contribution >= 0.6 is 0 Å². The molecule has 0 aliphatic heterocycles. The van der Waals surface area contributed by atoms with E-state index < -0.39 is 5.91 Å². The fourth-order valence-electron chi connectivity index (χ4n) is 1.70. The molecule has 0 aliphatic carbocycles. The van der Waals surface area contributed by atoms with Crippen LogP contribution in [0.1, 0.15) is 24.5 Å². The van der Waals surface area contributed by atoms with Gasteiger partial charge in [0.2, 0.25) is 5.91 Å². The van der Waals surface area contributed by atoms with Crippen LogP contribution in [0.25, 0.3) is 6.08 Å². The number of hydrogen-bond acceptors (Lipinski definition) is 3. The van der Waals surface area contributed by atoms with E-state index in [1.807, 2.05) is 32.3 Å². The van der Waals surface area contributed by atoms with Crippen molar-refractivity contribution in [1.29, 1.82) is 0 Å². The van der Waals surface area contributed by atoms with Crippen LogP contribution in [-0.4, -0.2) is 31.5 Å². The molecule has 104 valence electrons. The number of hydrogen-bond donors (Lipinski definition) is 1. The molecule has 4 heteroatoms. The van der Waals surface area contributed by atoms with Crippen LogP contribution in [0.15, 0.2) is 24.3 Å². The molecule has 1 amide bonds. The highest BCUT2D eigenvalue weighted by molar-refractivity contribution is 5.90. The number of ether oxygens (including phenoxy) is 1. The Bertz CT molecular complexity index is 453. The van der Waals surface area contributed by atoms with Gasteiger partial charge in [0.25, 0.3) is 0 Å². The summed E-state index contributed by atoms with van der Waals surface area (Å²) in [6.07, 6.45) is 4.05. The Labute approximate surface area is 114 Å². The highest BCUT2D eigenvalue weighted by Gasteiger charge is 2.05. The summed E-state index contributed by atoms with van der Waals surface area (Å²) in [4.78, 5) is 12.8. The van der Waals surface area contributed by atoms with Crippen molar-refractivity contribution in [2.75, 3.05) is 20.7 Å². The van der Waals surface area contributed by atoms with Gasteiger partial charge in [-0.15, -0.1) is 0 Å². The lowest BCUT2D eigenvalue weighted by atomic mass is 10.1. The van der Waals surface area contributed by atoms with Gasteiger partial charge in [-0.25, -0.2) is 0 Å². The van der Waals surface area contributed by atoms with Crippen LogP contribution in [0.4, 0.5) is 0 Å². The van der Waals surface area contributed by atoms with Crippen LogP contribution in [0.2, 0.25) is 0 Å². The molecule has 0 aromatic heterocycles. The SMILES string of the molecule is CCCOc1ccc(/C=C\C(N)=O)cc1CN(C)C. The fraction of sp³-hybridized carbons (Fsp3) is 0.400. The quantitative estimate of drug-likeness (QED) is 0.765. The number of benzene rings is 1. The van der Waals surface area contributed by atoms with Crippen molar-refractivity contribution < 1.29 is 9.53 Å². The number of amides is 1. The molecular weight excluding hydrogens is 240 g/mol. The fourth-order valence-corrected chi connectivity index (χ4v) is 1.70. The molecule has 0 heterocycles. The van der Waals surface area contributed by atoms with Crippen molar-refractivity contribution in [3.63, 3.8) is 0 Å². The van der Waals surface area contributed by atoms with Gasteiger partial charge in [0.1, 0.15) is 5.75 Å². The van der Waals surface area contributed by atoms with Crippen LogP contribution < -0.4 is 10.5 Å². The lowest BCUT2D eigenvalue weighted by Crippen LogP contribution is -2.12. The summed E-state index contributed by atoms with van der Waals surface area (Å²) >= 11 is 0. The van der Waals surface area contributed by atoms with Gasteiger partial charge in [0.15, 0.2) is 0 Å². The molecular formula is C15H22N2O2. The zero-order chi connectivity index (χ0) is 14.3. The molecule has 0 fully saturated rings. The van der Waals surface area contributed by atoms with Gasteiger partial charge in [-0.2, -0.15) is 0 Å². The highest BCUT2D eigenvalue weighted by Crippen LogP contribution is 2.22.